The summed E-state index contributed by atoms with van der Waals surface area (Å²) in [6.07, 6.45) is 6.94. The number of carbonyl (C=O) groups is 4. The Morgan fingerprint density at radius 1 is 1.08 bits per heavy atom. The van der Waals surface area contributed by atoms with Crippen LogP contribution >= 0.6 is 0 Å². The molecular formula is C36H50N6O8S. The molecule has 0 bridgehead atoms. The van der Waals surface area contributed by atoms with Crippen LogP contribution in [0.15, 0.2) is 36.4 Å². The highest BCUT2D eigenvalue weighted by Crippen LogP contribution is 2.46. The van der Waals surface area contributed by atoms with E-state index in [2.05, 4.69) is 15.4 Å². The summed E-state index contributed by atoms with van der Waals surface area (Å²) < 4.78 is 41.8. The van der Waals surface area contributed by atoms with Gasteiger partial charge in [-0.05, 0) is 85.3 Å². The molecule has 4 aliphatic rings. The van der Waals surface area contributed by atoms with Crippen molar-refractivity contribution >= 4 is 44.9 Å². The second-order valence-electron chi connectivity index (χ2n) is 15.5. The third-order valence-electron chi connectivity index (χ3n) is 9.89. The van der Waals surface area contributed by atoms with Crippen molar-refractivity contribution in [3.63, 3.8) is 0 Å². The number of aromatic nitrogens is 2. The zero-order chi connectivity index (χ0) is 36.7. The lowest BCUT2D eigenvalue weighted by Crippen LogP contribution is -2.58. The molecule has 1 saturated heterocycles. The Kier molecular flexibility index (Phi) is 10.1. The molecule has 6 rings (SSSR count). The number of para-hydroxylation sites is 2. The van der Waals surface area contributed by atoms with Gasteiger partial charge in [-0.15, -0.1) is 0 Å². The average molecular weight is 727 g/mol. The first-order chi connectivity index (χ1) is 24.1. The molecule has 0 unspecified atom stereocenters. The molecule has 2 aliphatic carbocycles. The third kappa shape index (κ3) is 8.18. The van der Waals surface area contributed by atoms with Crippen molar-refractivity contribution in [3.8, 4) is 6.01 Å². The highest BCUT2D eigenvalue weighted by atomic mass is 32.2. The summed E-state index contributed by atoms with van der Waals surface area (Å²) in [5, 5.41) is 5.02. The predicted molar refractivity (Wildman–Crippen MR) is 189 cm³/mol. The Morgan fingerprint density at radius 2 is 1.82 bits per heavy atom. The van der Waals surface area contributed by atoms with Gasteiger partial charge in [0.1, 0.15) is 29.3 Å². The Bertz CT molecular complexity index is 1810. The van der Waals surface area contributed by atoms with Gasteiger partial charge in [-0.25, -0.2) is 13.2 Å². The zero-order valence-electron chi connectivity index (χ0n) is 30.0. The van der Waals surface area contributed by atoms with Crippen LogP contribution < -0.4 is 20.1 Å². The molecule has 3 fully saturated rings. The number of ether oxygens (including phenoxy) is 2. The number of benzene rings is 1. The van der Waals surface area contributed by atoms with Gasteiger partial charge in [0.15, 0.2) is 0 Å². The van der Waals surface area contributed by atoms with Crippen molar-refractivity contribution in [1.82, 2.24) is 29.8 Å². The smallest absolute Gasteiger partial charge is 0.408 e. The molecule has 0 spiro atoms. The molecule has 278 valence electrons. The molecule has 3 heterocycles. The monoisotopic (exact) mass is 726 g/mol. The van der Waals surface area contributed by atoms with Crippen LogP contribution in [0.4, 0.5) is 4.79 Å². The number of hydrogen-bond acceptors (Lipinski definition) is 9. The fraction of sp³-hybridized carbons (Fsp3) is 0.639. The van der Waals surface area contributed by atoms with Crippen LogP contribution in [0.25, 0.3) is 11.0 Å². The number of allylic oxidation sites excluding steroid dienone is 1. The minimum Gasteiger partial charge on any atom is -0.459 e. The van der Waals surface area contributed by atoms with Gasteiger partial charge in [0, 0.05) is 18.4 Å². The summed E-state index contributed by atoms with van der Waals surface area (Å²) in [5.41, 5.74) is -0.652. The van der Waals surface area contributed by atoms with E-state index in [4.69, 9.17) is 14.5 Å². The van der Waals surface area contributed by atoms with Gasteiger partial charge < -0.3 is 25.0 Å². The molecule has 14 nitrogen and oxygen atoms in total. The normalized spacial score (nSPS) is 28.2. The van der Waals surface area contributed by atoms with E-state index in [1.807, 2.05) is 54.8 Å². The predicted octanol–water partition coefficient (Wildman–Crippen LogP) is 3.86. The number of rotatable bonds is 7. The second-order valence-corrected chi connectivity index (χ2v) is 17.5. The highest BCUT2D eigenvalue weighted by Gasteiger charge is 2.62. The quantitative estimate of drug-likeness (QED) is 0.358. The molecule has 2 aromatic rings. The van der Waals surface area contributed by atoms with Crippen LogP contribution in [-0.2, 0) is 29.1 Å². The molecule has 5 atom stereocenters. The van der Waals surface area contributed by atoms with Crippen molar-refractivity contribution < 1.29 is 37.1 Å². The van der Waals surface area contributed by atoms with Gasteiger partial charge in [-0.1, -0.05) is 37.1 Å². The van der Waals surface area contributed by atoms with Crippen molar-refractivity contribution in [2.24, 2.45) is 5.92 Å². The van der Waals surface area contributed by atoms with Gasteiger partial charge in [-0.2, -0.15) is 4.98 Å². The fourth-order valence-corrected chi connectivity index (χ4v) is 8.41. The van der Waals surface area contributed by atoms with E-state index in [9.17, 15) is 27.6 Å². The third-order valence-corrected chi connectivity index (χ3v) is 11.7. The standard InChI is InChI=1S/C36H50N6O8S/c1-22(2)42-28-16-12-11-14-26(28)37-33(42)49-24-19-29-30(43)39-36(32(45)40-51(47,48)25-17-18-25)20-23(36)13-9-7-6-8-10-15-27(31(44)41(29)21-24)38-34(46)50-35(3,4)5/h9,11-14,16,22-25,27,29H,6-8,10,15,17-21H2,1-5H3,(H,38,46)(H,39,43)(H,40,45)/b13-9-/t23-,24+,27-,29-,36+/m0/s1. The first-order valence-electron chi connectivity index (χ1n) is 18.1. The van der Waals surface area contributed by atoms with E-state index in [1.54, 1.807) is 20.8 Å². The van der Waals surface area contributed by atoms with Crippen LogP contribution in [0.3, 0.4) is 0 Å². The molecular weight excluding hydrogens is 676 g/mol. The number of sulfonamides is 1. The van der Waals surface area contributed by atoms with E-state index in [1.165, 1.54) is 4.90 Å². The van der Waals surface area contributed by atoms with E-state index in [0.29, 0.717) is 38.1 Å². The van der Waals surface area contributed by atoms with E-state index < -0.39 is 74.3 Å². The summed E-state index contributed by atoms with van der Waals surface area (Å²) in [6, 6.07) is 5.93. The average Bonchev–Trinajstić information content (AvgIpc) is 3.94. The Hall–Kier alpha value is -4.14. The first kappa shape index (κ1) is 36.6. The number of nitrogens with zero attached hydrogens (tertiary/aromatic N) is 3. The van der Waals surface area contributed by atoms with E-state index in [-0.39, 0.29) is 25.4 Å². The number of fused-ring (bicyclic) bond motifs is 3. The first-order valence-corrected chi connectivity index (χ1v) is 19.6. The van der Waals surface area contributed by atoms with Gasteiger partial charge in [0.2, 0.25) is 21.8 Å². The molecule has 3 N–H and O–H groups in total. The molecule has 4 amide bonds. The molecule has 1 aromatic heterocycles. The molecule has 2 aliphatic heterocycles. The van der Waals surface area contributed by atoms with Crippen LogP contribution in [0.5, 0.6) is 6.01 Å². The number of alkyl carbamates (subject to hydrolysis) is 1. The summed E-state index contributed by atoms with van der Waals surface area (Å²) >= 11 is 0. The van der Waals surface area contributed by atoms with Gasteiger partial charge in [0.05, 0.1) is 22.8 Å². The number of imidazole rings is 1. The second kappa shape index (κ2) is 14.1. The molecule has 2 saturated carbocycles. The van der Waals surface area contributed by atoms with Crippen LogP contribution in [-0.4, -0.2) is 87.8 Å². The highest BCUT2D eigenvalue weighted by molar-refractivity contribution is 7.91. The number of carbonyl (C=O) groups excluding carboxylic acids is 4. The lowest BCUT2D eigenvalue weighted by atomic mass is 10.0. The number of nitrogens with one attached hydrogen (secondary N) is 3. The lowest BCUT2D eigenvalue weighted by molar-refractivity contribution is -0.141. The van der Waals surface area contributed by atoms with Gasteiger partial charge >= 0.3 is 6.09 Å². The van der Waals surface area contributed by atoms with Crippen molar-refractivity contribution in [3.05, 3.63) is 36.4 Å². The molecule has 1 aromatic carbocycles. The Labute approximate surface area is 299 Å². The maximum absolute atomic E-state index is 14.4. The molecule has 51 heavy (non-hydrogen) atoms. The maximum Gasteiger partial charge on any atom is 0.408 e. The Morgan fingerprint density at radius 3 is 2.53 bits per heavy atom. The van der Waals surface area contributed by atoms with E-state index >= 15 is 0 Å². The van der Waals surface area contributed by atoms with Crippen molar-refractivity contribution in [1.29, 1.82) is 0 Å². The zero-order valence-corrected chi connectivity index (χ0v) is 30.8. The van der Waals surface area contributed by atoms with Crippen molar-refractivity contribution in [2.75, 3.05) is 6.54 Å². The van der Waals surface area contributed by atoms with Crippen LogP contribution in [0.2, 0.25) is 0 Å². The topological polar surface area (TPSA) is 178 Å². The van der Waals surface area contributed by atoms with Crippen molar-refractivity contribution in [2.45, 2.75) is 133 Å². The Balaban J connectivity index is 1.31. The number of amides is 4. The maximum atomic E-state index is 14.4. The summed E-state index contributed by atoms with van der Waals surface area (Å²) in [5.74, 6) is -2.26. The van der Waals surface area contributed by atoms with Crippen LogP contribution in [0, 0.1) is 5.92 Å². The summed E-state index contributed by atoms with van der Waals surface area (Å²) in [7, 11) is -3.88. The van der Waals surface area contributed by atoms with Crippen LogP contribution in [0.1, 0.15) is 98.4 Å². The minimum absolute atomic E-state index is 0.00301. The molecule has 15 heteroatoms. The molecule has 0 radical (unpaired) electrons. The summed E-state index contributed by atoms with van der Waals surface area (Å²) in [6.45, 7) is 9.25. The fourth-order valence-electron chi connectivity index (χ4n) is 7.05. The van der Waals surface area contributed by atoms with E-state index in [0.717, 1.165) is 23.9 Å². The summed E-state index contributed by atoms with van der Waals surface area (Å²) in [4.78, 5) is 61.5. The van der Waals surface area contributed by atoms with Gasteiger partial charge in [-0.3, -0.25) is 23.7 Å². The minimum atomic E-state index is -3.88. The SMILES string of the molecule is CC(C)n1c(O[C@@H]2C[C@H]3C(=O)N[C@]4(C(=O)NS(=O)(=O)C5CC5)C[C@@H]4/C=C\CCCCC[C@H](NC(=O)OC(C)(C)C)C(=O)N3C2)nc2ccccc21. The lowest BCUT2D eigenvalue weighted by Gasteiger charge is -2.30. The number of hydrogen-bond donors (Lipinski definition) is 3. The largest absolute Gasteiger partial charge is 0.459 e. The van der Waals surface area contributed by atoms with Gasteiger partial charge in [0.25, 0.3) is 11.9 Å².